The topological polar surface area (TPSA) is 94.1 Å². The van der Waals surface area contributed by atoms with E-state index in [0.29, 0.717) is 24.1 Å². The minimum Gasteiger partial charge on any atom is -0.756 e. The van der Waals surface area contributed by atoms with Crippen molar-refractivity contribution >= 4 is 13.8 Å². The number of unbranched alkanes of at least 4 members (excludes halogenated alkanes) is 17. The smallest absolute Gasteiger partial charge is 0.306 e. The van der Waals surface area contributed by atoms with Gasteiger partial charge in [0.1, 0.15) is 19.3 Å². The van der Waals surface area contributed by atoms with Gasteiger partial charge in [0, 0.05) is 13.0 Å². The van der Waals surface area contributed by atoms with E-state index in [1.165, 1.54) is 96.3 Å². The molecule has 0 heterocycles. The third-order valence-corrected chi connectivity index (χ3v) is 11.6. The van der Waals surface area contributed by atoms with Crippen LogP contribution in [0.15, 0.2) is 97.2 Å². The zero-order chi connectivity index (χ0) is 47.6. The van der Waals surface area contributed by atoms with Gasteiger partial charge in [0.25, 0.3) is 7.82 Å². The second kappa shape index (κ2) is 47.9. The van der Waals surface area contributed by atoms with Gasteiger partial charge in [-0.2, -0.15) is 0 Å². The molecule has 374 valence electrons. The molecule has 2 atom stereocenters. The van der Waals surface area contributed by atoms with E-state index >= 15 is 0 Å². The molecule has 0 spiro atoms. The maximum Gasteiger partial charge on any atom is 0.306 e. The van der Waals surface area contributed by atoms with E-state index < -0.39 is 13.9 Å². The first-order valence-corrected chi connectivity index (χ1v) is 27.4. The van der Waals surface area contributed by atoms with E-state index in [1.54, 1.807) is 0 Å². The van der Waals surface area contributed by atoms with Crippen molar-refractivity contribution in [3.05, 3.63) is 97.2 Å². The molecule has 2 unspecified atom stereocenters. The summed E-state index contributed by atoms with van der Waals surface area (Å²) < 4.78 is 34.7. The molecule has 0 saturated carbocycles. The second-order valence-electron chi connectivity index (χ2n) is 18.1. The largest absolute Gasteiger partial charge is 0.756 e. The molecule has 0 bridgehead atoms. The highest BCUT2D eigenvalue weighted by Crippen LogP contribution is 2.38. The van der Waals surface area contributed by atoms with Crippen molar-refractivity contribution in [1.82, 2.24) is 0 Å². The van der Waals surface area contributed by atoms with Crippen LogP contribution in [0.3, 0.4) is 0 Å². The monoisotopic (exact) mass is 928 g/mol. The average Bonchev–Trinajstić information content (AvgIpc) is 3.27. The van der Waals surface area contributed by atoms with Crippen LogP contribution in [0.5, 0.6) is 0 Å². The maximum atomic E-state index is 12.7. The van der Waals surface area contributed by atoms with Gasteiger partial charge in [-0.1, -0.05) is 188 Å². The fourth-order valence-electron chi connectivity index (χ4n) is 6.64. The average molecular weight is 928 g/mol. The van der Waals surface area contributed by atoms with E-state index in [2.05, 4.69) is 111 Å². The van der Waals surface area contributed by atoms with Gasteiger partial charge >= 0.3 is 5.97 Å². The first-order chi connectivity index (χ1) is 31.6. The lowest BCUT2D eigenvalue weighted by Crippen LogP contribution is -2.37. The summed E-state index contributed by atoms with van der Waals surface area (Å²) >= 11 is 0. The molecule has 0 radical (unpaired) electrons. The number of allylic oxidation sites excluding steroid dienone is 16. The van der Waals surface area contributed by atoms with E-state index in [9.17, 15) is 14.3 Å². The molecule has 0 saturated heterocycles. The van der Waals surface area contributed by atoms with Gasteiger partial charge in [-0.25, -0.2) is 0 Å². The van der Waals surface area contributed by atoms with Crippen LogP contribution in [0.1, 0.15) is 194 Å². The lowest BCUT2D eigenvalue weighted by Gasteiger charge is -2.28. The van der Waals surface area contributed by atoms with Crippen molar-refractivity contribution in [2.24, 2.45) is 0 Å². The Labute approximate surface area is 400 Å². The summed E-state index contributed by atoms with van der Waals surface area (Å²) in [5, 5.41) is 0. The Hall–Kier alpha value is -2.58. The van der Waals surface area contributed by atoms with Gasteiger partial charge < -0.3 is 27.9 Å². The van der Waals surface area contributed by atoms with Gasteiger partial charge in [-0.05, 0) is 96.3 Å². The summed E-state index contributed by atoms with van der Waals surface area (Å²) in [5.74, 6) is -0.379. The van der Waals surface area contributed by atoms with Crippen LogP contribution in [-0.4, -0.2) is 70.7 Å². The number of quaternary nitrogens is 1. The lowest BCUT2D eigenvalue weighted by molar-refractivity contribution is -0.870. The molecule has 0 aromatic rings. The van der Waals surface area contributed by atoms with Crippen LogP contribution in [0, 0.1) is 0 Å². The molecule has 0 aliphatic carbocycles. The van der Waals surface area contributed by atoms with Crippen LogP contribution in [0.2, 0.25) is 0 Å². The van der Waals surface area contributed by atoms with E-state index in [0.717, 1.165) is 70.6 Å². The van der Waals surface area contributed by atoms with Crippen molar-refractivity contribution in [2.45, 2.75) is 200 Å². The molecule has 0 rings (SSSR count). The number of phosphoric acid groups is 1. The number of esters is 1. The minimum atomic E-state index is -4.55. The van der Waals surface area contributed by atoms with Gasteiger partial charge in [0.15, 0.2) is 0 Å². The number of hydrogen-bond acceptors (Lipinski definition) is 7. The molecule has 8 nitrogen and oxygen atoms in total. The van der Waals surface area contributed by atoms with Gasteiger partial charge in [0.05, 0.1) is 34.4 Å². The van der Waals surface area contributed by atoms with Gasteiger partial charge in [-0.3, -0.25) is 9.36 Å². The number of carbonyl (C=O) groups is 1. The molecule has 0 aliphatic rings. The Kier molecular flexibility index (Phi) is 46.0. The van der Waals surface area contributed by atoms with Crippen LogP contribution in [0.4, 0.5) is 0 Å². The van der Waals surface area contributed by atoms with Crippen molar-refractivity contribution in [3.63, 3.8) is 0 Å². The summed E-state index contributed by atoms with van der Waals surface area (Å²) in [6, 6.07) is 0. The Morgan fingerprint density at radius 3 is 1.34 bits per heavy atom. The number of phosphoric ester groups is 1. The fraction of sp³-hybridized carbons (Fsp3) is 0.696. The fourth-order valence-corrected chi connectivity index (χ4v) is 7.37. The van der Waals surface area contributed by atoms with Gasteiger partial charge in [0.2, 0.25) is 0 Å². The zero-order valence-electron chi connectivity index (χ0n) is 42.4. The molecular weight excluding hydrogens is 830 g/mol. The predicted molar refractivity (Wildman–Crippen MR) is 277 cm³/mol. The maximum absolute atomic E-state index is 12.7. The highest BCUT2D eigenvalue weighted by Gasteiger charge is 2.20. The molecule has 65 heavy (non-hydrogen) atoms. The molecule has 0 aromatic heterocycles. The molecule has 0 N–H and O–H groups in total. The number of likely N-dealkylation sites (N-methyl/N-ethyl adjacent to an activating group) is 1. The van der Waals surface area contributed by atoms with Crippen molar-refractivity contribution in [1.29, 1.82) is 0 Å². The number of rotatable bonds is 47. The number of hydrogen-bond donors (Lipinski definition) is 0. The second-order valence-corrected chi connectivity index (χ2v) is 19.6. The highest BCUT2D eigenvalue weighted by molar-refractivity contribution is 7.45. The molecule has 0 aromatic carbocycles. The highest BCUT2D eigenvalue weighted by atomic mass is 31.2. The molecule has 9 heteroatoms. The van der Waals surface area contributed by atoms with E-state index in [4.69, 9.17) is 18.5 Å². The summed E-state index contributed by atoms with van der Waals surface area (Å²) in [7, 11) is 1.31. The summed E-state index contributed by atoms with van der Waals surface area (Å²) in [5.41, 5.74) is 0. The van der Waals surface area contributed by atoms with Crippen LogP contribution >= 0.6 is 7.82 Å². The lowest BCUT2D eigenvalue weighted by atomic mass is 10.1. The third kappa shape index (κ3) is 52.3. The summed E-state index contributed by atoms with van der Waals surface area (Å²) in [6.45, 7) is 5.21. The Morgan fingerprint density at radius 2 is 0.892 bits per heavy atom. The van der Waals surface area contributed by atoms with Crippen molar-refractivity contribution < 1.29 is 37.3 Å². The van der Waals surface area contributed by atoms with E-state index in [1.807, 2.05) is 21.1 Å². The standard InChI is InChI=1S/C56H98NO7P/c1-6-8-10-12-14-16-18-20-22-24-26-28-30-32-34-36-38-40-42-44-46-48-51-61-53-55(54-63-65(59,60)62-52-50-57(3,4)5)64-56(58)49-47-45-43-41-39-37-35-33-31-29-27-25-23-21-19-17-15-13-11-9-7-2/h9,11,15,17-18,20-21,23-24,26-27,29,33,35,39,41,55H,6-8,10,12-14,16,19,22,25,28,30-32,34,36-38,40,42-54H2,1-5H3/b11-9-,17-15-,20-18-,23-21-,26-24-,29-27-,35-33-,41-39-. The number of ether oxygens (including phenoxy) is 2. The molecular formula is C56H98NO7P. The molecule has 0 amide bonds. The van der Waals surface area contributed by atoms with Crippen LogP contribution in [0.25, 0.3) is 0 Å². The Balaban J connectivity index is 4.25. The van der Waals surface area contributed by atoms with Crippen LogP contribution < -0.4 is 4.89 Å². The zero-order valence-corrected chi connectivity index (χ0v) is 43.3. The third-order valence-electron chi connectivity index (χ3n) is 10.6. The summed E-state index contributed by atoms with van der Waals surface area (Å²) in [6.07, 6.45) is 65.8. The van der Waals surface area contributed by atoms with Crippen LogP contribution in [-0.2, 0) is 27.9 Å². The van der Waals surface area contributed by atoms with Crippen molar-refractivity contribution in [3.8, 4) is 0 Å². The molecule has 0 fully saturated rings. The van der Waals surface area contributed by atoms with Crippen molar-refractivity contribution in [2.75, 3.05) is 54.1 Å². The minimum absolute atomic E-state index is 0.0115. The quantitative estimate of drug-likeness (QED) is 0.0197. The molecule has 0 aliphatic heterocycles. The number of carbonyl (C=O) groups excluding carboxylic acids is 1. The first-order valence-electron chi connectivity index (χ1n) is 26.0. The van der Waals surface area contributed by atoms with E-state index in [-0.39, 0.29) is 32.2 Å². The first kappa shape index (κ1) is 62.4. The SMILES string of the molecule is CC/C=C\C/C=C\C/C=C\C/C=C\C/C=C\C/C=C\CCCCC(=O)OC(COCCCCCCCCCCCC/C=C\C/C=C\CCCCCCC)COP(=O)([O-])OCC[N+](C)(C)C. The number of nitrogens with zero attached hydrogens (tertiary/aromatic N) is 1. The summed E-state index contributed by atoms with van der Waals surface area (Å²) in [4.78, 5) is 25.2. The van der Waals surface area contributed by atoms with Gasteiger partial charge in [-0.15, -0.1) is 0 Å². The Bertz CT molecular complexity index is 1360. The predicted octanol–water partition coefficient (Wildman–Crippen LogP) is 15.5. The Morgan fingerprint density at radius 1 is 0.492 bits per heavy atom. The normalized spacial score (nSPS) is 14.4.